The van der Waals surface area contributed by atoms with Crippen molar-refractivity contribution in [1.82, 2.24) is 0 Å². The molecule has 1 fully saturated rings. The Balaban J connectivity index is 2.42. The summed E-state index contributed by atoms with van der Waals surface area (Å²) in [4.78, 5) is 0. The fraction of sp³-hybridized carbons (Fsp3) is 1.00. The number of sulfone groups is 1. The second kappa shape index (κ2) is 6.41. The Kier molecular flexibility index (Phi) is 5.64. The van der Waals surface area contributed by atoms with E-state index in [0.29, 0.717) is 19.3 Å². The number of ether oxygens (including phenoxy) is 1. The van der Waals surface area contributed by atoms with Crippen molar-refractivity contribution in [2.75, 3.05) is 19.5 Å². The molecule has 0 spiro atoms. The molecule has 1 N–H and O–H groups in total. The van der Waals surface area contributed by atoms with E-state index in [1.54, 1.807) is 0 Å². The van der Waals surface area contributed by atoms with Crippen LogP contribution in [-0.2, 0) is 14.6 Å². The number of hydrogen-bond acceptors (Lipinski definition) is 4. The summed E-state index contributed by atoms with van der Waals surface area (Å²) in [5.74, 6) is -0.318. The smallest absolute Gasteiger partial charge is 0.390 e. The molecule has 0 aromatic heterocycles. The van der Waals surface area contributed by atoms with Gasteiger partial charge in [0, 0.05) is 6.26 Å². The summed E-state index contributed by atoms with van der Waals surface area (Å²) in [6, 6.07) is 0. The number of hydrogen-bond donors (Lipinski definition) is 1. The number of rotatable bonds is 5. The van der Waals surface area contributed by atoms with E-state index >= 15 is 0 Å². The third-order valence-electron chi connectivity index (χ3n) is 3.37. The van der Waals surface area contributed by atoms with E-state index in [-0.39, 0.29) is 12.3 Å². The van der Waals surface area contributed by atoms with Crippen molar-refractivity contribution in [2.45, 2.75) is 43.2 Å². The minimum absolute atomic E-state index is 0.287. The van der Waals surface area contributed by atoms with Crippen molar-refractivity contribution in [3.8, 4) is 0 Å². The summed E-state index contributed by atoms with van der Waals surface area (Å²) in [6.07, 6.45) is -2.22. The van der Waals surface area contributed by atoms with Crippen molar-refractivity contribution < 1.29 is 31.4 Å². The maximum absolute atomic E-state index is 11.9. The van der Waals surface area contributed by atoms with Gasteiger partial charge in [0.1, 0.15) is 16.4 Å². The van der Waals surface area contributed by atoms with Crippen LogP contribution in [0.2, 0.25) is 0 Å². The molecule has 8 heteroatoms. The van der Waals surface area contributed by atoms with Gasteiger partial charge in [0.25, 0.3) is 0 Å². The van der Waals surface area contributed by atoms with Gasteiger partial charge in [-0.15, -0.1) is 0 Å². The van der Waals surface area contributed by atoms with Gasteiger partial charge in [-0.25, -0.2) is 8.42 Å². The third kappa shape index (κ3) is 6.09. The van der Waals surface area contributed by atoms with E-state index in [1.807, 2.05) is 0 Å². The monoisotopic (exact) mass is 304 g/mol. The molecule has 3 unspecified atom stereocenters. The van der Waals surface area contributed by atoms with Crippen molar-refractivity contribution in [3.63, 3.8) is 0 Å². The Bertz CT molecular complexity index is 380. The summed E-state index contributed by atoms with van der Waals surface area (Å²) in [6.45, 7) is -1.81. The Labute approximate surface area is 110 Å². The molecule has 19 heavy (non-hydrogen) atoms. The van der Waals surface area contributed by atoms with Gasteiger partial charge in [-0.2, -0.15) is 13.2 Å². The van der Waals surface area contributed by atoms with Gasteiger partial charge in [0.2, 0.25) is 0 Å². The zero-order valence-electron chi connectivity index (χ0n) is 10.7. The standard InChI is InChI=1S/C11H19F3O4S/c1-19(16,17)9-4-2-3-8(5-9)10(15)6-18-7-11(12,13)14/h8-10,15H,2-7H2,1H3. The highest BCUT2D eigenvalue weighted by atomic mass is 32.2. The van der Waals surface area contributed by atoms with Crippen molar-refractivity contribution in [2.24, 2.45) is 5.92 Å². The number of alkyl halides is 3. The molecular weight excluding hydrogens is 285 g/mol. The minimum atomic E-state index is -4.42. The van der Waals surface area contributed by atoms with Crippen LogP contribution in [-0.4, -0.2) is 50.5 Å². The topological polar surface area (TPSA) is 63.6 Å². The highest BCUT2D eigenvalue weighted by molar-refractivity contribution is 7.91. The van der Waals surface area contributed by atoms with Crippen molar-refractivity contribution >= 4 is 9.84 Å². The second-order valence-corrected chi connectivity index (χ2v) is 7.40. The first-order valence-corrected chi connectivity index (χ1v) is 8.06. The number of aliphatic hydroxyl groups is 1. The highest BCUT2D eigenvalue weighted by Crippen LogP contribution is 2.31. The number of aliphatic hydroxyl groups excluding tert-OH is 1. The van der Waals surface area contributed by atoms with Crippen LogP contribution in [0.1, 0.15) is 25.7 Å². The SMILES string of the molecule is CS(=O)(=O)C1CCCC(C(O)COCC(F)(F)F)C1. The lowest BCUT2D eigenvalue weighted by atomic mass is 9.85. The predicted octanol–water partition coefficient (Wildman–Crippen LogP) is 1.53. The summed E-state index contributed by atoms with van der Waals surface area (Å²) >= 11 is 0. The fourth-order valence-corrected chi connectivity index (χ4v) is 3.54. The van der Waals surface area contributed by atoms with Gasteiger partial charge >= 0.3 is 6.18 Å². The van der Waals surface area contributed by atoms with Crippen LogP contribution in [0.3, 0.4) is 0 Å². The molecule has 0 radical (unpaired) electrons. The first kappa shape index (κ1) is 16.7. The van der Waals surface area contributed by atoms with Crippen LogP contribution < -0.4 is 0 Å². The average molecular weight is 304 g/mol. The zero-order chi connectivity index (χ0) is 14.7. The van der Waals surface area contributed by atoms with Crippen LogP contribution in [0, 0.1) is 5.92 Å². The zero-order valence-corrected chi connectivity index (χ0v) is 11.5. The molecule has 3 atom stereocenters. The molecule has 0 amide bonds. The van der Waals surface area contributed by atoms with Gasteiger partial charge in [0.05, 0.1) is 18.0 Å². The molecule has 1 saturated carbocycles. The molecule has 0 saturated heterocycles. The molecule has 1 aliphatic rings. The van der Waals surface area contributed by atoms with E-state index < -0.39 is 40.6 Å². The first-order valence-electron chi connectivity index (χ1n) is 6.11. The predicted molar refractivity (Wildman–Crippen MR) is 63.5 cm³/mol. The second-order valence-electron chi connectivity index (χ2n) is 5.08. The van der Waals surface area contributed by atoms with Gasteiger partial charge in [-0.3, -0.25) is 0 Å². The summed E-state index contributed by atoms with van der Waals surface area (Å²) in [7, 11) is -3.17. The molecule has 4 nitrogen and oxygen atoms in total. The lowest BCUT2D eigenvalue weighted by Gasteiger charge is -2.31. The van der Waals surface area contributed by atoms with Gasteiger partial charge in [0.15, 0.2) is 0 Å². The third-order valence-corrected chi connectivity index (χ3v) is 5.01. The Morgan fingerprint density at radius 2 is 2.00 bits per heavy atom. The van der Waals surface area contributed by atoms with E-state index in [0.717, 1.165) is 6.26 Å². The van der Waals surface area contributed by atoms with Gasteiger partial charge in [-0.05, 0) is 25.2 Å². The maximum atomic E-state index is 11.9. The van der Waals surface area contributed by atoms with Crippen LogP contribution in [0.25, 0.3) is 0 Å². The van der Waals surface area contributed by atoms with Gasteiger partial charge in [-0.1, -0.05) is 6.42 Å². The molecule has 1 aliphatic carbocycles. The Hall–Kier alpha value is -0.340. The lowest BCUT2D eigenvalue weighted by Crippen LogP contribution is -2.36. The van der Waals surface area contributed by atoms with Crippen LogP contribution in [0.4, 0.5) is 13.2 Å². The molecular formula is C11H19F3O4S. The first-order chi connectivity index (χ1) is 8.59. The summed E-state index contributed by atoms with van der Waals surface area (Å²) in [5.41, 5.74) is 0. The lowest BCUT2D eigenvalue weighted by molar-refractivity contribution is -0.181. The van der Waals surface area contributed by atoms with Gasteiger partial charge < -0.3 is 9.84 Å². The molecule has 0 heterocycles. The van der Waals surface area contributed by atoms with E-state index in [9.17, 15) is 26.7 Å². The quantitative estimate of drug-likeness (QED) is 0.836. The average Bonchev–Trinajstić information content (AvgIpc) is 2.26. The fourth-order valence-electron chi connectivity index (χ4n) is 2.35. The van der Waals surface area contributed by atoms with Crippen molar-refractivity contribution in [3.05, 3.63) is 0 Å². The normalized spacial score (nSPS) is 27.2. The van der Waals surface area contributed by atoms with Crippen molar-refractivity contribution in [1.29, 1.82) is 0 Å². The summed E-state index contributed by atoms with van der Waals surface area (Å²) < 4.78 is 62.9. The molecule has 0 aliphatic heterocycles. The van der Waals surface area contributed by atoms with E-state index in [4.69, 9.17) is 0 Å². The highest BCUT2D eigenvalue weighted by Gasteiger charge is 2.33. The molecule has 1 rings (SSSR count). The Morgan fingerprint density at radius 1 is 1.37 bits per heavy atom. The summed E-state index contributed by atoms with van der Waals surface area (Å²) in [5, 5.41) is 9.26. The molecule has 114 valence electrons. The largest absolute Gasteiger partial charge is 0.411 e. The molecule has 0 bridgehead atoms. The van der Waals surface area contributed by atoms with E-state index in [2.05, 4.69) is 4.74 Å². The van der Waals surface area contributed by atoms with Crippen LogP contribution in [0.15, 0.2) is 0 Å². The molecule has 0 aromatic carbocycles. The van der Waals surface area contributed by atoms with Crippen LogP contribution in [0.5, 0.6) is 0 Å². The Morgan fingerprint density at radius 3 is 2.53 bits per heavy atom. The minimum Gasteiger partial charge on any atom is -0.390 e. The molecule has 0 aromatic rings. The number of halogens is 3. The van der Waals surface area contributed by atoms with Crippen LogP contribution >= 0.6 is 0 Å². The maximum Gasteiger partial charge on any atom is 0.411 e. The van der Waals surface area contributed by atoms with E-state index in [1.165, 1.54) is 0 Å².